The quantitative estimate of drug-likeness (QED) is 0.714. The molecule has 3 fully saturated rings. The first-order chi connectivity index (χ1) is 11.2. The van der Waals surface area contributed by atoms with Crippen molar-refractivity contribution < 1.29 is 0 Å². The fraction of sp³-hybridized carbons (Fsp3) is 0.636. The lowest BCUT2D eigenvalue weighted by Gasteiger charge is -2.61. The molecule has 4 unspecified atom stereocenters. The van der Waals surface area contributed by atoms with Gasteiger partial charge in [0.15, 0.2) is 0 Å². The van der Waals surface area contributed by atoms with Gasteiger partial charge in [0, 0.05) is 36.0 Å². The van der Waals surface area contributed by atoms with Crippen LogP contribution in [-0.4, -0.2) is 17.5 Å². The molecule has 0 bridgehead atoms. The van der Waals surface area contributed by atoms with E-state index in [2.05, 4.69) is 64.4 Å². The van der Waals surface area contributed by atoms with Gasteiger partial charge in [-0.05, 0) is 36.2 Å². The highest BCUT2D eigenvalue weighted by Crippen LogP contribution is 2.64. The Balaban J connectivity index is 1.86. The number of piperidine rings is 1. The topological polar surface area (TPSA) is 15.3 Å². The van der Waals surface area contributed by atoms with Crippen molar-refractivity contribution in [3.8, 4) is 0 Å². The summed E-state index contributed by atoms with van der Waals surface area (Å²) >= 11 is 0. The summed E-state index contributed by atoms with van der Waals surface area (Å²) < 4.78 is 0. The lowest BCUT2D eigenvalue weighted by atomic mass is 9.46. The monoisotopic (exact) mass is 326 g/mol. The highest BCUT2D eigenvalue weighted by Gasteiger charge is 2.65. The van der Waals surface area contributed by atoms with Crippen LogP contribution in [0.1, 0.15) is 52.9 Å². The lowest BCUT2D eigenvalue weighted by Crippen LogP contribution is -2.66. The van der Waals surface area contributed by atoms with E-state index in [1.807, 2.05) is 0 Å². The van der Waals surface area contributed by atoms with Crippen molar-refractivity contribution in [2.45, 2.75) is 58.4 Å². The fourth-order valence-electron chi connectivity index (χ4n) is 5.53. The van der Waals surface area contributed by atoms with Crippen molar-refractivity contribution in [3.05, 3.63) is 49.0 Å². The van der Waals surface area contributed by atoms with Gasteiger partial charge in [-0.3, -0.25) is 0 Å². The van der Waals surface area contributed by atoms with Crippen molar-refractivity contribution in [1.29, 1.82) is 0 Å². The van der Waals surface area contributed by atoms with E-state index in [0.29, 0.717) is 11.8 Å². The second-order valence-corrected chi connectivity index (χ2v) is 8.73. The van der Waals surface area contributed by atoms with Gasteiger partial charge < -0.3 is 10.2 Å². The van der Waals surface area contributed by atoms with Gasteiger partial charge in [0.05, 0.1) is 5.54 Å². The van der Waals surface area contributed by atoms with Gasteiger partial charge in [-0.1, -0.05) is 59.9 Å². The zero-order chi connectivity index (χ0) is 17.9. The number of nitrogens with one attached hydrogen (secondary N) is 1. The van der Waals surface area contributed by atoms with Crippen molar-refractivity contribution in [3.63, 3.8) is 0 Å². The Hall–Kier alpha value is -1.44. The molecule has 1 spiro atoms. The number of hydrogen-bond acceptors (Lipinski definition) is 2. The first-order valence-electron chi connectivity index (χ1n) is 9.44. The standard InChI is InChI=1S/C22H34N2/c1-9-10-18-13-22(21(18,6)7)15(3)20(16(4)23-22)19-12-11-14(2)24(8)17(19)5/h18-20,23H,2-5,9-13H2,1,6-8H3. The first-order valence-corrected chi connectivity index (χ1v) is 9.44. The molecule has 2 heterocycles. The van der Waals surface area contributed by atoms with E-state index in [1.54, 1.807) is 0 Å². The van der Waals surface area contributed by atoms with Gasteiger partial charge in [0.2, 0.25) is 0 Å². The molecule has 2 aliphatic heterocycles. The van der Waals surface area contributed by atoms with Gasteiger partial charge in [-0.25, -0.2) is 0 Å². The normalized spacial score (nSPS) is 38.5. The molecule has 3 rings (SSSR count). The van der Waals surface area contributed by atoms with Crippen LogP contribution in [0.4, 0.5) is 0 Å². The Morgan fingerprint density at radius 1 is 1.21 bits per heavy atom. The van der Waals surface area contributed by atoms with E-state index >= 15 is 0 Å². The van der Waals surface area contributed by atoms with Crippen LogP contribution in [0.2, 0.25) is 0 Å². The third kappa shape index (κ3) is 2.08. The molecule has 0 radical (unpaired) electrons. The van der Waals surface area contributed by atoms with Gasteiger partial charge >= 0.3 is 0 Å². The summed E-state index contributed by atoms with van der Waals surface area (Å²) in [6.07, 6.45) is 5.89. The molecule has 0 aromatic rings. The molecule has 0 aromatic heterocycles. The van der Waals surface area contributed by atoms with E-state index in [1.165, 1.54) is 36.2 Å². The predicted octanol–water partition coefficient (Wildman–Crippen LogP) is 5.23. The van der Waals surface area contributed by atoms with Gasteiger partial charge in [0.25, 0.3) is 0 Å². The maximum Gasteiger partial charge on any atom is 0.0642 e. The number of likely N-dealkylation sites (tertiary alicyclic amines) is 1. The highest BCUT2D eigenvalue weighted by atomic mass is 15.1. The van der Waals surface area contributed by atoms with Crippen molar-refractivity contribution in [2.24, 2.45) is 23.2 Å². The zero-order valence-corrected chi connectivity index (χ0v) is 16.0. The van der Waals surface area contributed by atoms with E-state index in [0.717, 1.165) is 24.5 Å². The van der Waals surface area contributed by atoms with Crippen LogP contribution in [0.25, 0.3) is 0 Å². The fourth-order valence-corrected chi connectivity index (χ4v) is 5.53. The minimum atomic E-state index is 0.0297. The maximum atomic E-state index is 4.60. The van der Waals surface area contributed by atoms with Crippen molar-refractivity contribution in [1.82, 2.24) is 10.2 Å². The Labute approximate surface area is 148 Å². The molecule has 2 nitrogen and oxygen atoms in total. The van der Waals surface area contributed by atoms with Crippen LogP contribution in [0.15, 0.2) is 49.0 Å². The third-order valence-corrected chi connectivity index (χ3v) is 7.46. The Kier molecular flexibility index (Phi) is 4.01. The molecule has 1 saturated carbocycles. The summed E-state index contributed by atoms with van der Waals surface area (Å²) in [5.74, 6) is 1.47. The SMILES string of the molecule is C=C1NC2(CC(CCC)C2(C)C)C(=C)C1C1CCC(=C)N(C)C1=C. The minimum Gasteiger partial charge on any atom is -0.379 e. The summed E-state index contributed by atoms with van der Waals surface area (Å²) in [5.41, 5.74) is 5.09. The third-order valence-electron chi connectivity index (χ3n) is 7.46. The Morgan fingerprint density at radius 3 is 2.46 bits per heavy atom. The van der Waals surface area contributed by atoms with Crippen LogP contribution >= 0.6 is 0 Å². The molecule has 4 atom stereocenters. The summed E-state index contributed by atoms with van der Waals surface area (Å²) in [5, 5.41) is 3.81. The minimum absolute atomic E-state index is 0.0297. The molecule has 2 saturated heterocycles. The molecule has 1 aliphatic carbocycles. The molecular formula is C22H34N2. The summed E-state index contributed by atoms with van der Waals surface area (Å²) in [7, 11) is 2.09. The molecular weight excluding hydrogens is 292 g/mol. The van der Waals surface area contributed by atoms with E-state index in [9.17, 15) is 0 Å². The largest absolute Gasteiger partial charge is 0.379 e. The molecule has 24 heavy (non-hydrogen) atoms. The first kappa shape index (κ1) is 17.4. The van der Waals surface area contributed by atoms with E-state index in [4.69, 9.17) is 0 Å². The average Bonchev–Trinajstić information content (AvgIpc) is 2.79. The maximum absolute atomic E-state index is 4.60. The van der Waals surface area contributed by atoms with Gasteiger partial charge in [-0.2, -0.15) is 0 Å². The summed E-state index contributed by atoms with van der Waals surface area (Å²) in [4.78, 5) is 2.17. The number of nitrogens with zero attached hydrogens (tertiary/aromatic N) is 1. The van der Waals surface area contributed by atoms with Gasteiger partial charge in [-0.15, -0.1) is 0 Å². The summed E-state index contributed by atoms with van der Waals surface area (Å²) in [6, 6.07) is 0. The Morgan fingerprint density at radius 2 is 1.88 bits per heavy atom. The lowest BCUT2D eigenvalue weighted by molar-refractivity contribution is -0.0409. The Bertz CT molecular complexity index is 611. The van der Waals surface area contributed by atoms with E-state index in [-0.39, 0.29) is 11.0 Å². The number of allylic oxidation sites excluding steroid dienone is 3. The van der Waals surface area contributed by atoms with Crippen LogP contribution in [-0.2, 0) is 0 Å². The van der Waals surface area contributed by atoms with E-state index < -0.39 is 0 Å². The van der Waals surface area contributed by atoms with Crippen LogP contribution in [0, 0.1) is 23.2 Å². The van der Waals surface area contributed by atoms with Crippen molar-refractivity contribution in [2.75, 3.05) is 7.05 Å². The smallest absolute Gasteiger partial charge is 0.0642 e. The van der Waals surface area contributed by atoms with Gasteiger partial charge in [0.1, 0.15) is 0 Å². The molecule has 0 aromatic carbocycles. The number of rotatable bonds is 3. The highest BCUT2D eigenvalue weighted by molar-refractivity contribution is 5.45. The van der Waals surface area contributed by atoms with Crippen molar-refractivity contribution >= 4 is 0 Å². The van der Waals surface area contributed by atoms with Crippen LogP contribution in [0.3, 0.4) is 0 Å². The average molecular weight is 327 g/mol. The zero-order valence-electron chi connectivity index (χ0n) is 16.0. The molecule has 2 heteroatoms. The molecule has 132 valence electrons. The predicted molar refractivity (Wildman–Crippen MR) is 103 cm³/mol. The molecule has 0 amide bonds. The second kappa shape index (κ2) is 5.54. The van der Waals surface area contributed by atoms with Crippen LogP contribution in [0.5, 0.6) is 0 Å². The molecule has 3 aliphatic rings. The summed E-state index contributed by atoms with van der Waals surface area (Å²) in [6.45, 7) is 24.6. The van der Waals surface area contributed by atoms with Crippen LogP contribution < -0.4 is 5.32 Å². The number of hydrogen-bond donors (Lipinski definition) is 1. The molecule has 1 N–H and O–H groups in total. The second-order valence-electron chi connectivity index (χ2n) is 8.73.